The van der Waals surface area contributed by atoms with Gasteiger partial charge < -0.3 is 15.7 Å². The van der Waals surface area contributed by atoms with Crippen molar-refractivity contribution in [3.63, 3.8) is 0 Å². The maximum absolute atomic E-state index is 12.4. The molecule has 0 saturated heterocycles. The molecule has 1 saturated carbocycles. The molecule has 4 heteroatoms. The molecule has 1 fully saturated rings. The molecule has 0 aliphatic heterocycles. The lowest BCUT2D eigenvalue weighted by molar-refractivity contribution is -0.141. The van der Waals surface area contributed by atoms with Crippen LogP contribution in [0.5, 0.6) is 0 Å². The third kappa shape index (κ3) is 3.68. The van der Waals surface area contributed by atoms with Crippen LogP contribution in [0.25, 0.3) is 0 Å². The fourth-order valence-corrected chi connectivity index (χ4v) is 2.34. The van der Waals surface area contributed by atoms with Crippen molar-refractivity contribution in [1.82, 2.24) is 4.90 Å². The van der Waals surface area contributed by atoms with Gasteiger partial charge in [-0.1, -0.05) is 13.3 Å². The van der Waals surface area contributed by atoms with E-state index >= 15 is 0 Å². The van der Waals surface area contributed by atoms with E-state index in [2.05, 4.69) is 0 Å². The molecule has 0 heterocycles. The monoisotopic (exact) mass is 242 g/mol. The van der Waals surface area contributed by atoms with E-state index in [0.717, 1.165) is 19.3 Å². The van der Waals surface area contributed by atoms with Gasteiger partial charge in [0, 0.05) is 19.2 Å². The molecule has 0 radical (unpaired) electrons. The van der Waals surface area contributed by atoms with Gasteiger partial charge >= 0.3 is 0 Å². The van der Waals surface area contributed by atoms with Crippen LogP contribution in [0, 0.1) is 0 Å². The average Bonchev–Trinajstić information content (AvgIpc) is 2.20. The first kappa shape index (κ1) is 14.5. The van der Waals surface area contributed by atoms with Gasteiger partial charge in [-0.05, 0) is 39.0 Å². The fourth-order valence-electron chi connectivity index (χ4n) is 2.34. The topological polar surface area (TPSA) is 66.6 Å². The predicted molar refractivity (Wildman–Crippen MR) is 68.6 cm³/mol. The number of nitrogens with zero attached hydrogens (tertiary/aromatic N) is 1. The van der Waals surface area contributed by atoms with E-state index in [1.807, 2.05) is 18.7 Å². The Morgan fingerprint density at radius 3 is 2.59 bits per heavy atom. The summed E-state index contributed by atoms with van der Waals surface area (Å²) in [5.41, 5.74) is 5.36. The van der Waals surface area contributed by atoms with Crippen LogP contribution in [0.15, 0.2) is 0 Å². The Labute approximate surface area is 104 Å². The van der Waals surface area contributed by atoms with E-state index in [-0.39, 0.29) is 12.5 Å². The Hall–Kier alpha value is -0.610. The fraction of sp³-hybridized carbons (Fsp3) is 0.923. The molecule has 0 aromatic heterocycles. The summed E-state index contributed by atoms with van der Waals surface area (Å²) < 4.78 is 0. The lowest BCUT2D eigenvalue weighted by Gasteiger charge is -2.41. The van der Waals surface area contributed by atoms with Crippen molar-refractivity contribution in [2.45, 2.75) is 64.0 Å². The van der Waals surface area contributed by atoms with Crippen molar-refractivity contribution >= 4 is 5.91 Å². The number of nitrogens with two attached hydrogens (primary N) is 1. The van der Waals surface area contributed by atoms with Crippen LogP contribution < -0.4 is 5.73 Å². The van der Waals surface area contributed by atoms with Gasteiger partial charge in [0.1, 0.15) is 0 Å². The maximum Gasteiger partial charge on any atom is 0.242 e. The smallest absolute Gasteiger partial charge is 0.242 e. The van der Waals surface area contributed by atoms with Crippen molar-refractivity contribution in [1.29, 1.82) is 0 Å². The van der Waals surface area contributed by atoms with Crippen LogP contribution >= 0.6 is 0 Å². The number of amides is 1. The van der Waals surface area contributed by atoms with Crippen molar-refractivity contribution in [2.75, 3.05) is 13.2 Å². The number of aliphatic hydroxyl groups is 1. The zero-order chi connectivity index (χ0) is 12.9. The maximum atomic E-state index is 12.4. The highest BCUT2D eigenvalue weighted by Crippen LogP contribution is 2.27. The molecule has 0 aromatic rings. The number of carbonyl (C=O) groups is 1. The first-order valence-corrected chi connectivity index (χ1v) is 6.73. The third-order valence-electron chi connectivity index (χ3n) is 3.59. The highest BCUT2D eigenvalue weighted by molar-refractivity contribution is 5.86. The van der Waals surface area contributed by atoms with E-state index in [1.165, 1.54) is 6.42 Å². The molecule has 1 aliphatic rings. The number of carbonyl (C=O) groups excluding carboxylic acids is 1. The van der Waals surface area contributed by atoms with Gasteiger partial charge in [0.2, 0.25) is 5.91 Å². The van der Waals surface area contributed by atoms with Gasteiger partial charge in [-0.15, -0.1) is 0 Å². The lowest BCUT2D eigenvalue weighted by Crippen LogP contribution is -2.57. The highest BCUT2D eigenvalue weighted by Gasteiger charge is 2.36. The molecule has 0 spiro atoms. The van der Waals surface area contributed by atoms with Crippen molar-refractivity contribution in [3.8, 4) is 0 Å². The van der Waals surface area contributed by atoms with E-state index in [9.17, 15) is 4.79 Å². The van der Waals surface area contributed by atoms with Gasteiger partial charge in [0.25, 0.3) is 0 Å². The second-order valence-electron chi connectivity index (χ2n) is 5.33. The average molecular weight is 242 g/mol. The largest absolute Gasteiger partial charge is 0.396 e. The zero-order valence-electron chi connectivity index (χ0n) is 11.1. The number of hydrogen-bond acceptors (Lipinski definition) is 3. The first-order chi connectivity index (χ1) is 8.03. The molecular formula is C13H26N2O2. The van der Waals surface area contributed by atoms with Crippen LogP contribution in [-0.4, -0.2) is 40.6 Å². The summed E-state index contributed by atoms with van der Waals surface area (Å²) in [4.78, 5) is 14.3. The summed E-state index contributed by atoms with van der Waals surface area (Å²) in [7, 11) is 0. The normalized spacial score (nSPS) is 19.5. The third-order valence-corrected chi connectivity index (χ3v) is 3.59. The van der Waals surface area contributed by atoms with Gasteiger partial charge in [-0.3, -0.25) is 4.79 Å². The first-order valence-electron chi connectivity index (χ1n) is 6.73. The Morgan fingerprint density at radius 2 is 2.18 bits per heavy atom. The standard InChI is InChI=1S/C13H26N2O2/c1-3-8-13(2,14)12(17)15(9-5-10-16)11-6-4-7-11/h11,16H,3-10,14H2,1-2H3. The Bertz CT molecular complexity index is 250. The summed E-state index contributed by atoms with van der Waals surface area (Å²) in [5.74, 6) is 0.0532. The molecule has 0 aromatic carbocycles. The van der Waals surface area contributed by atoms with Crippen LogP contribution in [-0.2, 0) is 4.79 Å². The minimum Gasteiger partial charge on any atom is -0.396 e. The molecule has 1 amide bonds. The second-order valence-corrected chi connectivity index (χ2v) is 5.33. The quantitative estimate of drug-likeness (QED) is 0.706. The molecule has 1 aliphatic carbocycles. The van der Waals surface area contributed by atoms with Gasteiger partial charge in [0.05, 0.1) is 5.54 Å². The van der Waals surface area contributed by atoms with Crippen LogP contribution in [0.3, 0.4) is 0 Å². The molecule has 1 rings (SSSR count). The number of hydrogen-bond donors (Lipinski definition) is 2. The van der Waals surface area contributed by atoms with Crippen LogP contribution in [0.4, 0.5) is 0 Å². The molecule has 1 unspecified atom stereocenters. The van der Waals surface area contributed by atoms with Gasteiger partial charge in [-0.25, -0.2) is 0 Å². The molecular weight excluding hydrogens is 216 g/mol. The summed E-state index contributed by atoms with van der Waals surface area (Å²) in [6.07, 6.45) is 5.64. The zero-order valence-corrected chi connectivity index (χ0v) is 11.1. The van der Waals surface area contributed by atoms with Crippen molar-refractivity contribution in [2.24, 2.45) is 5.73 Å². The molecule has 4 nitrogen and oxygen atoms in total. The number of aliphatic hydroxyl groups excluding tert-OH is 1. The Balaban J connectivity index is 2.64. The molecule has 17 heavy (non-hydrogen) atoms. The van der Waals surface area contributed by atoms with E-state index in [0.29, 0.717) is 25.4 Å². The van der Waals surface area contributed by atoms with Gasteiger partial charge in [-0.2, -0.15) is 0 Å². The highest BCUT2D eigenvalue weighted by atomic mass is 16.3. The molecule has 0 bridgehead atoms. The number of rotatable bonds is 7. The van der Waals surface area contributed by atoms with Crippen LogP contribution in [0.1, 0.15) is 52.4 Å². The van der Waals surface area contributed by atoms with Crippen LogP contribution in [0.2, 0.25) is 0 Å². The minimum atomic E-state index is -0.750. The second kappa shape index (κ2) is 6.36. The van der Waals surface area contributed by atoms with Gasteiger partial charge in [0.15, 0.2) is 0 Å². The Morgan fingerprint density at radius 1 is 1.53 bits per heavy atom. The minimum absolute atomic E-state index is 0.0532. The van der Waals surface area contributed by atoms with E-state index in [1.54, 1.807) is 0 Å². The van der Waals surface area contributed by atoms with E-state index in [4.69, 9.17) is 10.8 Å². The predicted octanol–water partition coefficient (Wildman–Crippen LogP) is 1.27. The molecule has 100 valence electrons. The molecule has 1 atom stereocenters. The summed E-state index contributed by atoms with van der Waals surface area (Å²) in [6.45, 7) is 4.63. The summed E-state index contributed by atoms with van der Waals surface area (Å²) in [5, 5.41) is 8.91. The molecule has 3 N–H and O–H groups in total. The summed E-state index contributed by atoms with van der Waals surface area (Å²) in [6, 6.07) is 0.355. The SMILES string of the molecule is CCCC(C)(N)C(=O)N(CCCO)C1CCC1. The van der Waals surface area contributed by atoms with Crippen molar-refractivity contribution in [3.05, 3.63) is 0 Å². The van der Waals surface area contributed by atoms with E-state index < -0.39 is 5.54 Å². The van der Waals surface area contributed by atoms with Crippen molar-refractivity contribution < 1.29 is 9.90 Å². The Kier molecular flexibility index (Phi) is 5.40. The summed E-state index contributed by atoms with van der Waals surface area (Å²) >= 11 is 0. The lowest BCUT2D eigenvalue weighted by atomic mass is 9.88.